The van der Waals surface area contributed by atoms with Crippen molar-refractivity contribution in [3.05, 3.63) is 28.8 Å². The first-order valence-corrected chi connectivity index (χ1v) is 5.07. The molecule has 5 heteroatoms. The Morgan fingerprint density at radius 3 is 2.35 bits per heavy atom. The van der Waals surface area contributed by atoms with Gasteiger partial charge >= 0.3 is 11.9 Å². The average Bonchev–Trinajstić information content (AvgIpc) is 2.35. The van der Waals surface area contributed by atoms with E-state index in [0.717, 1.165) is 0 Å². The molecule has 0 spiro atoms. The summed E-state index contributed by atoms with van der Waals surface area (Å²) in [4.78, 5) is 22.7. The summed E-state index contributed by atoms with van der Waals surface area (Å²) in [6, 6.07) is 2.95. The van der Waals surface area contributed by atoms with Gasteiger partial charge in [-0.1, -0.05) is 6.92 Å². The van der Waals surface area contributed by atoms with Gasteiger partial charge in [-0.25, -0.2) is 9.59 Å². The highest BCUT2D eigenvalue weighted by molar-refractivity contribution is 6.03. The van der Waals surface area contributed by atoms with Gasteiger partial charge < -0.3 is 14.6 Å². The van der Waals surface area contributed by atoms with Crippen molar-refractivity contribution in [1.29, 1.82) is 0 Å². The van der Waals surface area contributed by atoms with Crippen LogP contribution in [0.2, 0.25) is 0 Å². The van der Waals surface area contributed by atoms with Crippen molar-refractivity contribution in [2.24, 2.45) is 0 Å². The molecule has 0 atom stereocenters. The number of carboxylic acid groups (broad SMARTS) is 1. The van der Waals surface area contributed by atoms with E-state index >= 15 is 0 Å². The summed E-state index contributed by atoms with van der Waals surface area (Å²) < 4.78 is 9.60. The summed E-state index contributed by atoms with van der Waals surface area (Å²) in [6.07, 6.45) is 0.516. The number of ether oxygens (including phenoxy) is 2. The topological polar surface area (TPSA) is 72.8 Å². The molecular weight excluding hydrogens is 224 g/mol. The SMILES string of the molecule is CCc1cc(OC)cc(C(=O)O)c1C(=O)OC. The van der Waals surface area contributed by atoms with Gasteiger partial charge in [0, 0.05) is 0 Å². The molecule has 5 nitrogen and oxygen atoms in total. The van der Waals surface area contributed by atoms with Crippen molar-refractivity contribution in [1.82, 2.24) is 0 Å². The fourth-order valence-electron chi connectivity index (χ4n) is 1.58. The van der Waals surface area contributed by atoms with Gasteiger partial charge in [0.05, 0.1) is 25.3 Å². The Labute approximate surface area is 99.0 Å². The summed E-state index contributed by atoms with van der Waals surface area (Å²) >= 11 is 0. The zero-order valence-electron chi connectivity index (χ0n) is 9.94. The van der Waals surface area contributed by atoms with E-state index in [-0.39, 0.29) is 11.1 Å². The number of rotatable bonds is 4. The number of carbonyl (C=O) groups is 2. The molecule has 0 aliphatic rings. The normalized spacial score (nSPS) is 9.82. The molecule has 1 aromatic rings. The third kappa shape index (κ3) is 2.55. The molecule has 0 aliphatic heterocycles. The third-order valence-electron chi connectivity index (χ3n) is 2.43. The second-order valence-electron chi connectivity index (χ2n) is 3.36. The number of esters is 1. The lowest BCUT2D eigenvalue weighted by Gasteiger charge is -2.11. The summed E-state index contributed by atoms with van der Waals surface area (Å²) in [5, 5.41) is 9.09. The molecule has 0 bridgehead atoms. The summed E-state index contributed by atoms with van der Waals surface area (Å²) in [5.74, 6) is -1.42. The maximum absolute atomic E-state index is 11.6. The fourth-order valence-corrected chi connectivity index (χ4v) is 1.58. The number of carbonyl (C=O) groups excluding carboxylic acids is 1. The van der Waals surface area contributed by atoms with Crippen molar-refractivity contribution in [3.63, 3.8) is 0 Å². The largest absolute Gasteiger partial charge is 0.497 e. The van der Waals surface area contributed by atoms with Crippen molar-refractivity contribution >= 4 is 11.9 Å². The van der Waals surface area contributed by atoms with Gasteiger partial charge in [0.15, 0.2) is 0 Å². The van der Waals surface area contributed by atoms with Crippen LogP contribution in [0.3, 0.4) is 0 Å². The highest BCUT2D eigenvalue weighted by Gasteiger charge is 2.22. The first-order valence-electron chi connectivity index (χ1n) is 5.07. The molecule has 0 heterocycles. The predicted molar refractivity (Wildman–Crippen MR) is 60.7 cm³/mol. The minimum absolute atomic E-state index is 0.0864. The van der Waals surface area contributed by atoms with Gasteiger partial charge in [-0.3, -0.25) is 0 Å². The zero-order chi connectivity index (χ0) is 13.0. The number of benzene rings is 1. The monoisotopic (exact) mass is 238 g/mol. The smallest absolute Gasteiger partial charge is 0.339 e. The quantitative estimate of drug-likeness (QED) is 0.809. The average molecular weight is 238 g/mol. The molecule has 1 aromatic carbocycles. The van der Waals surface area contributed by atoms with Gasteiger partial charge in [0.2, 0.25) is 0 Å². The van der Waals surface area contributed by atoms with Crippen molar-refractivity contribution in [2.75, 3.05) is 14.2 Å². The van der Waals surface area contributed by atoms with Crippen molar-refractivity contribution in [3.8, 4) is 5.75 Å². The van der Waals surface area contributed by atoms with E-state index in [2.05, 4.69) is 4.74 Å². The second kappa shape index (κ2) is 5.34. The Morgan fingerprint density at radius 1 is 1.29 bits per heavy atom. The lowest BCUT2D eigenvalue weighted by molar-refractivity contribution is 0.0581. The highest BCUT2D eigenvalue weighted by atomic mass is 16.5. The van der Waals surface area contributed by atoms with Crippen molar-refractivity contribution in [2.45, 2.75) is 13.3 Å². The Hall–Kier alpha value is -2.04. The molecule has 92 valence electrons. The van der Waals surface area contributed by atoms with E-state index in [1.165, 1.54) is 20.3 Å². The molecule has 0 unspecified atom stereocenters. The second-order valence-corrected chi connectivity index (χ2v) is 3.36. The van der Waals surface area contributed by atoms with E-state index < -0.39 is 11.9 Å². The maximum Gasteiger partial charge on any atom is 0.339 e. The molecular formula is C12H14O5. The van der Waals surface area contributed by atoms with Crippen LogP contribution in [-0.2, 0) is 11.2 Å². The lowest BCUT2D eigenvalue weighted by Crippen LogP contribution is -2.13. The van der Waals surface area contributed by atoms with E-state index in [1.807, 2.05) is 6.92 Å². The Bertz CT molecular complexity index is 450. The number of methoxy groups -OCH3 is 2. The Kier molecular flexibility index (Phi) is 4.09. The van der Waals surface area contributed by atoms with E-state index in [9.17, 15) is 9.59 Å². The number of carboxylic acids is 1. The van der Waals surface area contributed by atoms with Crippen LogP contribution >= 0.6 is 0 Å². The van der Waals surface area contributed by atoms with Gasteiger partial charge in [-0.2, -0.15) is 0 Å². The van der Waals surface area contributed by atoms with Crippen LogP contribution in [0.25, 0.3) is 0 Å². The van der Waals surface area contributed by atoms with Gasteiger partial charge in [-0.15, -0.1) is 0 Å². The van der Waals surface area contributed by atoms with Crippen LogP contribution in [-0.4, -0.2) is 31.3 Å². The minimum Gasteiger partial charge on any atom is -0.497 e. The van der Waals surface area contributed by atoms with Gasteiger partial charge in [-0.05, 0) is 24.1 Å². The Balaban J connectivity index is 3.52. The molecule has 0 saturated heterocycles. The van der Waals surface area contributed by atoms with Crippen molar-refractivity contribution < 1.29 is 24.2 Å². The number of hydrogen-bond acceptors (Lipinski definition) is 4. The number of aromatic carboxylic acids is 1. The molecule has 0 aromatic heterocycles. The first-order chi connectivity index (χ1) is 8.04. The highest BCUT2D eigenvalue weighted by Crippen LogP contribution is 2.24. The van der Waals surface area contributed by atoms with E-state index in [1.54, 1.807) is 6.07 Å². The number of aryl methyl sites for hydroxylation is 1. The molecule has 1 N–H and O–H groups in total. The lowest BCUT2D eigenvalue weighted by atomic mass is 9.98. The van der Waals surface area contributed by atoms with Crippen LogP contribution in [0.4, 0.5) is 0 Å². The van der Waals surface area contributed by atoms with E-state index in [4.69, 9.17) is 9.84 Å². The number of hydrogen-bond donors (Lipinski definition) is 1. The molecule has 0 fully saturated rings. The molecule has 0 aliphatic carbocycles. The molecule has 0 amide bonds. The van der Waals surface area contributed by atoms with Crippen LogP contribution in [0.1, 0.15) is 33.2 Å². The first kappa shape index (κ1) is 13.0. The molecule has 0 saturated carbocycles. The molecule has 0 radical (unpaired) electrons. The zero-order valence-corrected chi connectivity index (χ0v) is 9.94. The minimum atomic E-state index is -1.18. The summed E-state index contributed by atoms with van der Waals surface area (Å²) in [7, 11) is 2.66. The summed E-state index contributed by atoms with van der Waals surface area (Å²) in [5.41, 5.74) is 0.574. The predicted octanol–water partition coefficient (Wildman–Crippen LogP) is 1.74. The third-order valence-corrected chi connectivity index (χ3v) is 2.43. The van der Waals surface area contributed by atoms with Gasteiger partial charge in [0.25, 0.3) is 0 Å². The fraction of sp³-hybridized carbons (Fsp3) is 0.333. The van der Waals surface area contributed by atoms with E-state index in [0.29, 0.717) is 17.7 Å². The van der Waals surface area contributed by atoms with Crippen LogP contribution in [0, 0.1) is 0 Å². The standard InChI is InChI=1S/C12H14O5/c1-4-7-5-8(16-2)6-9(11(13)14)10(7)12(15)17-3/h5-6H,4H2,1-3H3,(H,13,14). The summed E-state index contributed by atoms with van der Waals surface area (Å²) in [6.45, 7) is 1.83. The van der Waals surface area contributed by atoms with Crippen LogP contribution in [0.5, 0.6) is 5.75 Å². The van der Waals surface area contributed by atoms with Crippen LogP contribution in [0.15, 0.2) is 12.1 Å². The van der Waals surface area contributed by atoms with Crippen LogP contribution < -0.4 is 4.74 Å². The Morgan fingerprint density at radius 2 is 1.94 bits per heavy atom. The molecule has 17 heavy (non-hydrogen) atoms. The maximum atomic E-state index is 11.6. The van der Waals surface area contributed by atoms with Gasteiger partial charge in [0.1, 0.15) is 5.75 Å². The molecule has 1 rings (SSSR count).